The van der Waals surface area contributed by atoms with Crippen molar-refractivity contribution < 1.29 is 4.79 Å². The summed E-state index contributed by atoms with van der Waals surface area (Å²) in [5, 5.41) is 1.17. The zero-order valence-corrected chi connectivity index (χ0v) is 9.76. The standard InChI is InChI=1S/C16H11NO/c18-15-7-3-5-11-8-9-17-13-6-2-1-4-12(13)10-14(17)16(11)15/h1-6,8-10H,7H2. The van der Waals surface area contributed by atoms with Gasteiger partial charge < -0.3 is 4.40 Å². The van der Waals surface area contributed by atoms with Crippen molar-refractivity contribution in [2.45, 2.75) is 6.42 Å². The molecule has 0 atom stereocenters. The molecule has 2 heterocycles. The molecule has 86 valence electrons. The number of hydrogen-bond acceptors (Lipinski definition) is 1. The van der Waals surface area contributed by atoms with Gasteiger partial charge in [-0.15, -0.1) is 0 Å². The molecule has 0 aliphatic heterocycles. The Hall–Kier alpha value is -2.35. The highest BCUT2D eigenvalue weighted by molar-refractivity contribution is 6.10. The summed E-state index contributed by atoms with van der Waals surface area (Å²) in [4.78, 5) is 12.1. The fourth-order valence-corrected chi connectivity index (χ4v) is 2.75. The number of hydrogen-bond donors (Lipinski definition) is 0. The van der Waals surface area contributed by atoms with E-state index in [2.05, 4.69) is 22.6 Å². The number of allylic oxidation sites excluding steroid dienone is 1. The Bertz CT molecular complexity index is 824. The second-order valence-corrected chi connectivity index (χ2v) is 4.63. The van der Waals surface area contributed by atoms with Crippen LogP contribution in [0.1, 0.15) is 22.3 Å². The summed E-state index contributed by atoms with van der Waals surface area (Å²) < 4.78 is 2.10. The second kappa shape index (κ2) is 3.33. The lowest BCUT2D eigenvalue weighted by Crippen LogP contribution is -2.06. The van der Waals surface area contributed by atoms with E-state index in [4.69, 9.17) is 0 Å². The second-order valence-electron chi connectivity index (χ2n) is 4.63. The Labute approximate surface area is 104 Å². The highest BCUT2D eigenvalue weighted by atomic mass is 16.1. The Morgan fingerprint density at radius 1 is 1.06 bits per heavy atom. The van der Waals surface area contributed by atoms with Crippen molar-refractivity contribution in [2.75, 3.05) is 0 Å². The minimum atomic E-state index is 0.209. The molecule has 2 heteroatoms. The first-order chi connectivity index (χ1) is 8.84. The lowest BCUT2D eigenvalue weighted by atomic mass is 9.96. The summed E-state index contributed by atoms with van der Waals surface area (Å²) >= 11 is 0. The van der Waals surface area contributed by atoms with Gasteiger partial charge in [-0.05, 0) is 23.8 Å². The number of fused-ring (bicyclic) bond motifs is 5. The van der Waals surface area contributed by atoms with Gasteiger partial charge >= 0.3 is 0 Å². The van der Waals surface area contributed by atoms with Crippen LogP contribution in [0.4, 0.5) is 0 Å². The molecular formula is C16H11NO. The maximum absolute atomic E-state index is 12.1. The zero-order chi connectivity index (χ0) is 12.1. The van der Waals surface area contributed by atoms with Crippen molar-refractivity contribution in [3.05, 3.63) is 59.8 Å². The van der Waals surface area contributed by atoms with E-state index in [0.717, 1.165) is 22.2 Å². The summed E-state index contributed by atoms with van der Waals surface area (Å²) in [5.41, 5.74) is 4.05. The maximum Gasteiger partial charge on any atom is 0.169 e. The van der Waals surface area contributed by atoms with Gasteiger partial charge in [0.05, 0.1) is 11.0 Å². The van der Waals surface area contributed by atoms with Crippen molar-refractivity contribution in [2.24, 2.45) is 0 Å². The number of para-hydroxylation sites is 1. The van der Waals surface area contributed by atoms with Gasteiger partial charge in [-0.3, -0.25) is 4.79 Å². The summed E-state index contributed by atoms with van der Waals surface area (Å²) in [5.74, 6) is 0.209. The van der Waals surface area contributed by atoms with Crippen LogP contribution < -0.4 is 0 Å². The fourth-order valence-electron chi connectivity index (χ4n) is 2.75. The van der Waals surface area contributed by atoms with E-state index < -0.39 is 0 Å². The topological polar surface area (TPSA) is 21.5 Å². The van der Waals surface area contributed by atoms with Gasteiger partial charge in [-0.2, -0.15) is 0 Å². The van der Waals surface area contributed by atoms with Gasteiger partial charge in [0.2, 0.25) is 0 Å². The summed E-state index contributed by atoms with van der Waals surface area (Å²) in [6.07, 6.45) is 6.52. The van der Waals surface area contributed by atoms with Crippen molar-refractivity contribution in [1.29, 1.82) is 0 Å². The number of pyridine rings is 1. The molecule has 2 nitrogen and oxygen atoms in total. The Kier molecular flexibility index (Phi) is 1.78. The van der Waals surface area contributed by atoms with Crippen LogP contribution in [-0.4, -0.2) is 10.2 Å². The smallest absolute Gasteiger partial charge is 0.169 e. The molecule has 0 radical (unpaired) electrons. The lowest BCUT2D eigenvalue weighted by molar-refractivity contribution is 0.0996. The molecule has 0 saturated carbocycles. The van der Waals surface area contributed by atoms with Crippen LogP contribution in [0.2, 0.25) is 0 Å². The Morgan fingerprint density at radius 2 is 1.94 bits per heavy atom. The molecule has 18 heavy (non-hydrogen) atoms. The fraction of sp³-hybridized carbons (Fsp3) is 0.0625. The number of nitrogens with zero attached hydrogens (tertiary/aromatic N) is 1. The molecule has 1 aromatic carbocycles. The van der Waals surface area contributed by atoms with Crippen LogP contribution in [-0.2, 0) is 0 Å². The Balaban J connectivity index is 2.24. The van der Waals surface area contributed by atoms with Crippen molar-refractivity contribution in [3.8, 4) is 0 Å². The van der Waals surface area contributed by atoms with E-state index in [1.54, 1.807) is 0 Å². The number of rotatable bonds is 0. The van der Waals surface area contributed by atoms with Gasteiger partial charge in [0.1, 0.15) is 0 Å². The first kappa shape index (κ1) is 9.66. The van der Waals surface area contributed by atoms with E-state index in [0.29, 0.717) is 6.42 Å². The Morgan fingerprint density at radius 3 is 2.89 bits per heavy atom. The van der Waals surface area contributed by atoms with Crippen molar-refractivity contribution in [3.63, 3.8) is 0 Å². The van der Waals surface area contributed by atoms with E-state index >= 15 is 0 Å². The highest BCUT2D eigenvalue weighted by Gasteiger charge is 2.17. The van der Waals surface area contributed by atoms with Crippen molar-refractivity contribution in [1.82, 2.24) is 4.40 Å². The molecule has 0 fully saturated rings. The van der Waals surface area contributed by atoms with Crippen LogP contribution in [0, 0.1) is 0 Å². The third kappa shape index (κ3) is 1.15. The minimum Gasteiger partial charge on any atom is -0.316 e. The van der Waals surface area contributed by atoms with Gasteiger partial charge in [0, 0.05) is 23.6 Å². The SMILES string of the molecule is O=C1CC=Cc2ccn3c(cc4ccccc43)c21. The number of benzene rings is 1. The third-order valence-corrected chi connectivity index (χ3v) is 3.58. The van der Waals surface area contributed by atoms with E-state index in [-0.39, 0.29) is 5.78 Å². The first-order valence-electron chi connectivity index (χ1n) is 6.07. The largest absolute Gasteiger partial charge is 0.316 e. The average molecular weight is 233 g/mol. The summed E-state index contributed by atoms with van der Waals surface area (Å²) in [6, 6.07) is 12.3. The lowest BCUT2D eigenvalue weighted by Gasteiger charge is -2.11. The highest BCUT2D eigenvalue weighted by Crippen LogP contribution is 2.28. The number of Topliss-reactive ketones (excluding diaryl/α,β-unsaturated/α-hetero) is 1. The van der Waals surface area contributed by atoms with Gasteiger partial charge in [-0.1, -0.05) is 30.4 Å². The number of ketones is 1. The van der Waals surface area contributed by atoms with E-state index in [9.17, 15) is 4.79 Å². The minimum absolute atomic E-state index is 0.209. The van der Waals surface area contributed by atoms with Crippen molar-refractivity contribution >= 4 is 28.3 Å². The van der Waals surface area contributed by atoms with Crippen LogP contribution >= 0.6 is 0 Å². The molecule has 1 aliphatic rings. The van der Waals surface area contributed by atoms with Gasteiger partial charge in [-0.25, -0.2) is 0 Å². The molecule has 1 aliphatic carbocycles. The molecule has 0 bridgehead atoms. The normalized spacial score (nSPS) is 14.3. The molecule has 4 rings (SSSR count). The number of aromatic nitrogens is 1. The number of carbonyl (C=O) groups excluding carboxylic acids is 1. The zero-order valence-electron chi connectivity index (χ0n) is 9.76. The predicted octanol–water partition coefficient (Wildman–Crippen LogP) is 3.69. The molecule has 0 saturated heterocycles. The van der Waals surface area contributed by atoms with E-state index in [1.165, 1.54) is 5.39 Å². The number of carbonyl (C=O) groups is 1. The monoisotopic (exact) mass is 233 g/mol. The molecule has 0 spiro atoms. The van der Waals surface area contributed by atoms with Gasteiger partial charge in [0.15, 0.2) is 5.78 Å². The molecule has 0 N–H and O–H groups in total. The predicted molar refractivity (Wildman–Crippen MR) is 72.9 cm³/mol. The maximum atomic E-state index is 12.1. The van der Waals surface area contributed by atoms with Crippen LogP contribution in [0.3, 0.4) is 0 Å². The molecule has 2 aromatic heterocycles. The van der Waals surface area contributed by atoms with Crippen LogP contribution in [0.5, 0.6) is 0 Å². The molecule has 0 unspecified atom stereocenters. The van der Waals surface area contributed by atoms with Crippen LogP contribution in [0.25, 0.3) is 22.5 Å². The van der Waals surface area contributed by atoms with E-state index in [1.807, 2.05) is 36.5 Å². The van der Waals surface area contributed by atoms with Gasteiger partial charge in [0.25, 0.3) is 0 Å². The molecular weight excluding hydrogens is 222 g/mol. The third-order valence-electron chi connectivity index (χ3n) is 3.58. The van der Waals surface area contributed by atoms with Crippen LogP contribution in [0.15, 0.2) is 48.7 Å². The quantitative estimate of drug-likeness (QED) is 0.580. The molecule has 3 aromatic rings. The summed E-state index contributed by atoms with van der Waals surface area (Å²) in [7, 11) is 0. The summed E-state index contributed by atoms with van der Waals surface area (Å²) in [6.45, 7) is 0. The molecule has 0 amide bonds. The average Bonchev–Trinajstić information content (AvgIpc) is 2.77. The first-order valence-corrected chi connectivity index (χ1v) is 6.07.